The predicted molar refractivity (Wildman–Crippen MR) is 78.0 cm³/mol. The van der Waals surface area contributed by atoms with Crippen molar-refractivity contribution in [3.8, 4) is 0 Å². The molecule has 2 rings (SSSR count). The van der Waals surface area contributed by atoms with Crippen LogP contribution in [-0.4, -0.2) is 38.0 Å². The molecule has 1 fully saturated rings. The standard InChI is InChI=1S/C15H20N2O3/c1-12(18)6-7-15(19)16-13-4-2-3-5-14(13)17-8-10-20-11-9-17/h2-5H,6-11H2,1H3,(H,16,19). The number of amides is 1. The topological polar surface area (TPSA) is 58.6 Å². The number of rotatable bonds is 5. The molecule has 0 saturated carbocycles. The number of morpholine rings is 1. The molecule has 1 aliphatic heterocycles. The zero-order valence-corrected chi connectivity index (χ0v) is 11.7. The largest absolute Gasteiger partial charge is 0.378 e. The van der Waals surface area contributed by atoms with E-state index in [1.165, 1.54) is 6.92 Å². The van der Waals surface area contributed by atoms with Crippen LogP contribution in [0.5, 0.6) is 0 Å². The third-order valence-electron chi connectivity index (χ3n) is 3.23. The molecular weight excluding hydrogens is 256 g/mol. The molecule has 0 bridgehead atoms. The van der Waals surface area contributed by atoms with Crippen molar-refractivity contribution in [2.24, 2.45) is 0 Å². The highest BCUT2D eigenvalue weighted by Crippen LogP contribution is 2.26. The second kappa shape index (κ2) is 7.05. The first-order chi connectivity index (χ1) is 9.66. The Morgan fingerprint density at radius 1 is 1.20 bits per heavy atom. The van der Waals surface area contributed by atoms with E-state index < -0.39 is 0 Å². The Balaban J connectivity index is 2.03. The molecule has 1 saturated heterocycles. The van der Waals surface area contributed by atoms with Crippen LogP contribution < -0.4 is 10.2 Å². The van der Waals surface area contributed by atoms with Crippen molar-refractivity contribution in [2.75, 3.05) is 36.5 Å². The summed E-state index contributed by atoms with van der Waals surface area (Å²) < 4.78 is 5.34. The summed E-state index contributed by atoms with van der Waals surface area (Å²) in [5, 5.41) is 2.89. The van der Waals surface area contributed by atoms with Gasteiger partial charge in [-0.15, -0.1) is 0 Å². The Kier molecular flexibility index (Phi) is 5.12. The van der Waals surface area contributed by atoms with E-state index in [0.717, 1.165) is 24.5 Å². The number of hydrogen-bond acceptors (Lipinski definition) is 4. The quantitative estimate of drug-likeness (QED) is 0.891. The van der Waals surface area contributed by atoms with Gasteiger partial charge < -0.3 is 19.7 Å². The van der Waals surface area contributed by atoms with Crippen molar-refractivity contribution in [3.05, 3.63) is 24.3 Å². The maximum absolute atomic E-state index is 11.8. The first-order valence-corrected chi connectivity index (χ1v) is 6.88. The van der Waals surface area contributed by atoms with Crippen LogP contribution in [0.4, 0.5) is 11.4 Å². The number of ether oxygens (including phenoxy) is 1. The van der Waals surface area contributed by atoms with Gasteiger partial charge in [0, 0.05) is 25.9 Å². The van der Waals surface area contributed by atoms with Crippen molar-refractivity contribution in [2.45, 2.75) is 19.8 Å². The minimum atomic E-state index is -0.124. The molecule has 0 unspecified atom stereocenters. The van der Waals surface area contributed by atoms with Crippen molar-refractivity contribution in [3.63, 3.8) is 0 Å². The fourth-order valence-electron chi connectivity index (χ4n) is 2.16. The monoisotopic (exact) mass is 276 g/mol. The SMILES string of the molecule is CC(=O)CCC(=O)Nc1ccccc1N1CCOCC1. The van der Waals surface area contributed by atoms with Crippen LogP contribution in [0.15, 0.2) is 24.3 Å². The lowest BCUT2D eigenvalue weighted by molar-refractivity contribution is -0.121. The van der Waals surface area contributed by atoms with Gasteiger partial charge in [0.1, 0.15) is 5.78 Å². The van der Waals surface area contributed by atoms with Gasteiger partial charge in [0.15, 0.2) is 0 Å². The van der Waals surface area contributed by atoms with Crippen LogP contribution in [-0.2, 0) is 14.3 Å². The lowest BCUT2D eigenvalue weighted by Crippen LogP contribution is -2.36. The molecule has 1 heterocycles. The number of Topliss-reactive ketones (excluding diaryl/α,β-unsaturated/α-hetero) is 1. The highest BCUT2D eigenvalue weighted by atomic mass is 16.5. The fraction of sp³-hybridized carbons (Fsp3) is 0.467. The van der Waals surface area contributed by atoms with Crippen LogP contribution >= 0.6 is 0 Å². The predicted octanol–water partition coefficient (Wildman–Crippen LogP) is 1.83. The first kappa shape index (κ1) is 14.5. The zero-order valence-electron chi connectivity index (χ0n) is 11.7. The zero-order chi connectivity index (χ0) is 14.4. The maximum atomic E-state index is 11.8. The molecule has 1 aliphatic rings. The number of anilines is 2. The number of hydrogen-bond donors (Lipinski definition) is 1. The molecule has 0 aliphatic carbocycles. The number of para-hydroxylation sites is 2. The molecular formula is C15H20N2O3. The van der Waals surface area contributed by atoms with E-state index in [-0.39, 0.29) is 24.5 Å². The molecule has 1 N–H and O–H groups in total. The molecule has 5 nitrogen and oxygen atoms in total. The van der Waals surface area contributed by atoms with Crippen molar-refractivity contribution in [1.29, 1.82) is 0 Å². The van der Waals surface area contributed by atoms with Gasteiger partial charge in [0.05, 0.1) is 24.6 Å². The smallest absolute Gasteiger partial charge is 0.224 e. The maximum Gasteiger partial charge on any atom is 0.224 e. The van der Waals surface area contributed by atoms with Crippen LogP contribution in [0, 0.1) is 0 Å². The Morgan fingerprint density at radius 3 is 2.60 bits per heavy atom. The van der Waals surface area contributed by atoms with Crippen molar-refractivity contribution in [1.82, 2.24) is 0 Å². The van der Waals surface area contributed by atoms with Crippen molar-refractivity contribution < 1.29 is 14.3 Å². The van der Waals surface area contributed by atoms with Crippen LogP contribution in [0.3, 0.4) is 0 Å². The Labute approximate surface area is 118 Å². The molecule has 0 aromatic heterocycles. The van der Waals surface area contributed by atoms with Crippen LogP contribution in [0.2, 0.25) is 0 Å². The van der Waals surface area contributed by atoms with E-state index in [4.69, 9.17) is 4.74 Å². The summed E-state index contributed by atoms with van der Waals surface area (Å²) in [5.74, 6) is -0.0949. The minimum absolute atomic E-state index is 0.0293. The van der Waals surface area contributed by atoms with Gasteiger partial charge in [-0.1, -0.05) is 12.1 Å². The summed E-state index contributed by atoms with van der Waals surface area (Å²) in [5.41, 5.74) is 1.80. The molecule has 0 atom stereocenters. The lowest BCUT2D eigenvalue weighted by atomic mass is 10.2. The Bertz CT molecular complexity index is 482. The van der Waals surface area contributed by atoms with E-state index >= 15 is 0 Å². The van der Waals surface area contributed by atoms with Gasteiger partial charge in [-0.05, 0) is 19.1 Å². The molecule has 0 spiro atoms. The minimum Gasteiger partial charge on any atom is -0.378 e. The average Bonchev–Trinajstić information content (AvgIpc) is 2.47. The number of ketones is 1. The van der Waals surface area contributed by atoms with Crippen LogP contribution in [0.25, 0.3) is 0 Å². The number of nitrogens with zero attached hydrogens (tertiary/aromatic N) is 1. The van der Waals surface area contributed by atoms with E-state index in [2.05, 4.69) is 10.2 Å². The average molecular weight is 276 g/mol. The van der Waals surface area contributed by atoms with Gasteiger partial charge in [0.25, 0.3) is 0 Å². The summed E-state index contributed by atoms with van der Waals surface area (Å²) in [4.78, 5) is 25.0. The summed E-state index contributed by atoms with van der Waals surface area (Å²) in [6, 6.07) is 7.73. The van der Waals surface area contributed by atoms with Gasteiger partial charge in [-0.2, -0.15) is 0 Å². The summed E-state index contributed by atoms with van der Waals surface area (Å²) in [6.07, 6.45) is 0.512. The van der Waals surface area contributed by atoms with Crippen LogP contribution in [0.1, 0.15) is 19.8 Å². The highest BCUT2D eigenvalue weighted by Gasteiger charge is 2.15. The molecule has 1 aromatic carbocycles. The second-order valence-corrected chi connectivity index (χ2v) is 4.87. The third kappa shape index (κ3) is 4.06. The number of nitrogens with one attached hydrogen (secondary N) is 1. The van der Waals surface area contributed by atoms with E-state index in [9.17, 15) is 9.59 Å². The first-order valence-electron chi connectivity index (χ1n) is 6.88. The molecule has 1 amide bonds. The number of benzene rings is 1. The van der Waals surface area contributed by atoms with Crippen molar-refractivity contribution >= 4 is 23.1 Å². The van der Waals surface area contributed by atoms with E-state index in [0.29, 0.717) is 13.2 Å². The molecule has 0 radical (unpaired) electrons. The normalized spacial score (nSPS) is 14.9. The number of carbonyl (C=O) groups excluding carboxylic acids is 2. The summed E-state index contributed by atoms with van der Waals surface area (Å²) in [7, 11) is 0. The van der Waals surface area contributed by atoms with E-state index in [1.807, 2.05) is 24.3 Å². The van der Waals surface area contributed by atoms with Gasteiger partial charge >= 0.3 is 0 Å². The Hall–Kier alpha value is -1.88. The summed E-state index contributed by atoms with van der Waals surface area (Å²) >= 11 is 0. The summed E-state index contributed by atoms with van der Waals surface area (Å²) in [6.45, 7) is 4.54. The molecule has 5 heteroatoms. The number of carbonyl (C=O) groups is 2. The third-order valence-corrected chi connectivity index (χ3v) is 3.23. The van der Waals surface area contributed by atoms with Gasteiger partial charge in [0.2, 0.25) is 5.91 Å². The molecule has 20 heavy (non-hydrogen) atoms. The van der Waals surface area contributed by atoms with Gasteiger partial charge in [-0.25, -0.2) is 0 Å². The van der Waals surface area contributed by atoms with E-state index in [1.54, 1.807) is 0 Å². The molecule has 108 valence electrons. The molecule has 1 aromatic rings. The second-order valence-electron chi connectivity index (χ2n) is 4.87. The van der Waals surface area contributed by atoms with Gasteiger partial charge in [-0.3, -0.25) is 4.79 Å². The highest BCUT2D eigenvalue weighted by molar-refractivity contribution is 5.96. The fourth-order valence-corrected chi connectivity index (χ4v) is 2.16. The lowest BCUT2D eigenvalue weighted by Gasteiger charge is -2.30. The Morgan fingerprint density at radius 2 is 1.90 bits per heavy atom.